The second-order valence-electron chi connectivity index (χ2n) is 3.74. The summed E-state index contributed by atoms with van der Waals surface area (Å²) in [6, 6.07) is 0.852. The maximum absolute atomic E-state index is 11.8. The van der Waals surface area contributed by atoms with Crippen molar-refractivity contribution in [1.29, 1.82) is 0 Å². The standard InChI is InChI=1S/C12H15NO3S/c1-4-5-9(12(15)16)13-11(14)10-6-7(2)8(3)17-10/h4,6,9H,1,5H2,2-3H3,(H,13,14)(H,15,16). The Hall–Kier alpha value is -1.62. The first-order chi connectivity index (χ1) is 7.95. The second kappa shape index (κ2) is 5.63. The van der Waals surface area contributed by atoms with Crippen LogP contribution in [0.4, 0.5) is 0 Å². The zero-order chi connectivity index (χ0) is 13.0. The Balaban J connectivity index is 2.76. The molecule has 1 rings (SSSR count). The molecule has 92 valence electrons. The lowest BCUT2D eigenvalue weighted by Gasteiger charge is -2.11. The summed E-state index contributed by atoms with van der Waals surface area (Å²) in [6.45, 7) is 7.31. The predicted molar refractivity (Wildman–Crippen MR) is 67.5 cm³/mol. The minimum Gasteiger partial charge on any atom is -0.480 e. The Bertz CT molecular complexity index is 431. The van der Waals surface area contributed by atoms with Crippen LogP contribution in [0.15, 0.2) is 18.7 Å². The maximum Gasteiger partial charge on any atom is 0.326 e. The zero-order valence-electron chi connectivity index (χ0n) is 9.82. The number of aryl methyl sites for hydroxylation is 2. The molecule has 2 N–H and O–H groups in total. The van der Waals surface area contributed by atoms with Crippen LogP contribution in [0.5, 0.6) is 0 Å². The topological polar surface area (TPSA) is 66.4 Å². The summed E-state index contributed by atoms with van der Waals surface area (Å²) in [7, 11) is 0. The van der Waals surface area contributed by atoms with Gasteiger partial charge in [0.1, 0.15) is 6.04 Å². The monoisotopic (exact) mass is 253 g/mol. The van der Waals surface area contributed by atoms with Crippen LogP contribution in [0.1, 0.15) is 26.5 Å². The van der Waals surface area contributed by atoms with Crippen LogP contribution >= 0.6 is 11.3 Å². The number of carboxylic acid groups (broad SMARTS) is 1. The fourth-order valence-corrected chi connectivity index (χ4v) is 2.24. The van der Waals surface area contributed by atoms with Gasteiger partial charge < -0.3 is 10.4 Å². The van der Waals surface area contributed by atoms with Gasteiger partial charge in [0.05, 0.1) is 4.88 Å². The van der Waals surface area contributed by atoms with Crippen LogP contribution in [-0.2, 0) is 4.79 Å². The number of carbonyl (C=O) groups excluding carboxylic acids is 1. The molecule has 1 aromatic heterocycles. The van der Waals surface area contributed by atoms with Crippen molar-refractivity contribution in [2.45, 2.75) is 26.3 Å². The SMILES string of the molecule is C=CCC(NC(=O)c1cc(C)c(C)s1)C(=O)O. The molecular formula is C12H15NO3S. The highest BCUT2D eigenvalue weighted by atomic mass is 32.1. The van der Waals surface area contributed by atoms with Crippen LogP contribution in [0.3, 0.4) is 0 Å². The summed E-state index contributed by atoms with van der Waals surface area (Å²) in [4.78, 5) is 24.3. The molecule has 4 nitrogen and oxygen atoms in total. The highest BCUT2D eigenvalue weighted by Crippen LogP contribution is 2.20. The van der Waals surface area contributed by atoms with Crippen molar-refractivity contribution in [2.75, 3.05) is 0 Å². The van der Waals surface area contributed by atoms with E-state index in [1.54, 1.807) is 6.07 Å². The molecule has 0 fully saturated rings. The van der Waals surface area contributed by atoms with Crippen LogP contribution in [0.25, 0.3) is 0 Å². The zero-order valence-corrected chi connectivity index (χ0v) is 10.6. The second-order valence-corrected chi connectivity index (χ2v) is 4.99. The van der Waals surface area contributed by atoms with Crippen molar-refractivity contribution in [1.82, 2.24) is 5.32 Å². The molecule has 1 aromatic rings. The van der Waals surface area contributed by atoms with Crippen molar-refractivity contribution in [3.05, 3.63) is 34.0 Å². The lowest BCUT2D eigenvalue weighted by Crippen LogP contribution is -2.40. The summed E-state index contributed by atoms with van der Waals surface area (Å²) in [5, 5.41) is 11.4. The summed E-state index contributed by atoms with van der Waals surface area (Å²) >= 11 is 1.36. The number of thiophene rings is 1. The van der Waals surface area contributed by atoms with Gasteiger partial charge in [-0.3, -0.25) is 4.79 Å². The first-order valence-electron chi connectivity index (χ1n) is 5.17. The summed E-state index contributed by atoms with van der Waals surface area (Å²) in [5.74, 6) is -1.40. The molecular weight excluding hydrogens is 238 g/mol. The van der Waals surface area contributed by atoms with Crippen LogP contribution < -0.4 is 5.32 Å². The number of hydrogen-bond acceptors (Lipinski definition) is 3. The quantitative estimate of drug-likeness (QED) is 0.790. The van der Waals surface area contributed by atoms with Gasteiger partial charge >= 0.3 is 5.97 Å². The van der Waals surface area contributed by atoms with E-state index >= 15 is 0 Å². The van der Waals surface area contributed by atoms with E-state index in [0.29, 0.717) is 4.88 Å². The van der Waals surface area contributed by atoms with Crippen LogP contribution in [0.2, 0.25) is 0 Å². The average molecular weight is 253 g/mol. The number of rotatable bonds is 5. The molecule has 0 saturated carbocycles. The summed E-state index contributed by atoms with van der Waals surface area (Å²) in [6.07, 6.45) is 1.69. The van der Waals surface area contributed by atoms with Crippen LogP contribution in [-0.4, -0.2) is 23.0 Å². The van der Waals surface area contributed by atoms with E-state index in [-0.39, 0.29) is 12.3 Å². The molecule has 0 spiro atoms. The van der Waals surface area contributed by atoms with Gasteiger partial charge in [0.25, 0.3) is 5.91 Å². The molecule has 17 heavy (non-hydrogen) atoms. The lowest BCUT2D eigenvalue weighted by atomic mass is 10.2. The largest absolute Gasteiger partial charge is 0.480 e. The van der Waals surface area contributed by atoms with E-state index in [4.69, 9.17) is 5.11 Å². The average Bonchev–Trinajstić information content (AvgIpc) is 2.58. The summed E-state index contributed by atoms with van der Waals surface area (Å²) in [5.41, 5.74) is 1.04. The van der Waals surface area contributed by atoms with Crippen molar-refractivity contribution in [3.63, 3.8) is 0 Å². The van der Waals surface area contributed by atoms with Gasteiger partial charge in [-0.05, 0) is 31.9 Å². The Morgan fingerprint density at radius 2 is 2.24 bits per heavy atom. The number of carbonyl (C=O) groups is 2. The van der Waals surface area contributed by atoms with Gasteiger partial charge in [-0.2, -0.15) is 0 Å². The minimum absolute atomic E-state index is 0.213. The first kappa shape index (κ1) is 13.4. The highest BCUT2D eigenvalue weighted by Gasteiger charge is 2.20. The van der Waals surface area contributed by atoms with Gasteiger partial charge in [-0.15, -0.1) is 17.9 Å². The van der Waals surface area contributed by atoms with Crippen LogP contribution in [0, 0.1) is 13.8 Å². The first-order valence-corrected chi connectivity index (χ1v) is 5.99. The van der Waals surface area contributed by atoms with Gasteiger partial charge in [-0.25, -0.2) is 4.79 Å². The van der Waals surface area contributed by atoms with Crippen molar-refractivity contribution < 1.29 is 14.7 Å². The van der Waals surface area contributed by atoms with E-state index in [2.05, 4.69) is 11.9 Å². The molecule has 0 radical (unpaired) electrons. The van der Waals surface area contributed by atoms with E-state index in [9.17, 15) is 9.59 Å². The number of aliphatic carboxylic acids is 1. The smallest absolute Gasteiger partial charge is 0.326 e. The molecule has 1 unspecified atom stereocenters. The van der Waals surface area contributed by atoms with Gasteiger partial charge in [0.15, 0.2) is 0 Å². The van der Waals surface area contributed by atoms with E-state index < -0.39 is 12.0 Å². The molecule has 0 aliphatic rings. The number of hydrogen-bond donors (Lipinski definition) is 2. The molecule has 1 atom stereocenters. The van der Waals surface area contributed by atoms with Gasteiger partial charge in [0.2, 0.25) is 0 Å². The molecule has 5 heteroatoms. The molecule has 1 amide bonds. The van der Waals surface area contributed by atoms with E-state index in [1.165, 1.54) is 17.4 Å². The van der Waals surface area contributed by atoms with E-state index in [0.717, 1.165) is 10.4 Å². The molecule has 0 aromatic carbocycles. The third-order valence-corrected chi connectivity index (χ3v) is 3.55. The Kier molecular flexibility index (Phi) is 4.45. The predicted octanol–water partition coefficient (Wildman–Crippen LogP) is 2.12. The number of nitrogens with one attached hydrogen (secondary N) is 1. The highest BCUT2D eigenvalue weighted by molar-refractivity contribution is 7.14. The maximum atomic E-state index is 11.8. The molecule has 0 aliphatic carbocycles. The fraction of sp³-hybridized carbons (Fsp3) is 0.333. The molecule has 0 aliphatic heterocycles. The minimum atomic E-state index is -1.05. The Labute approximate surface area is 104 Å². The van der Waals surface area contributed by atoms with Gasteiger partial charge in [-0.1, -0.05) is 6.08 Å². The third kappa shape index (κ3) is 3.42. The number of carboxylic acids is 1. The number of amides is 1. The lowest BCUT2D eigenvalue weighted by molar-refractivity contribution is -0.139. The van der Waals surface area contributed by atoms with Crippen molar-refractivity contribution >= 4 is 23.2 Å². The normalized spacial score (nSPS) is 11.9. The van der Waals surface area contributed by atoms with Crippen molar-refractivity contribution in [2.24, 2.45) is 0 Å². The van der Waals surface area contributed by atoms with Gasteiger partial charge in [0, 0.05) is 4.88 Å². The molecule has 0 saturated heterocycles. The molecule has 0 bridgehead atoms. The fourth-order valence-electron chi connectivity index (χ4n) is 1.30. The summed E-state index contributed by atoms with van der Waals surface area (Å²) < 4.78 is 0. The van der Waals surface area contributed by atoms with E-state index in [1.807, 2.05) is 13.8 Å². The molecule has 1 heterocycles. The third-order valence-electron chi connectivity index (χ3n) is 2.40. The Morgan fingerprint density at radius 3 is 2.65 bits per heavy atom. The van der Waals surface area contributed by atoms with Crippen molar-refractivity contribution in [3.8, 4) is 0 Å². The Morgan fingerprint density at radius 1 is 1.59 bits per heavy atom.